The highest BCUT2D eigenvalue weighted by molar-refractivity contribution is 6.30. The van der Waals surface area contributed by atoms with Crippen LogP contribution in [0, 0.1) is 39.4 Å². The molecular weight excluding hydrogens is 1310 g/mol. The lowest BCUT2D eigenvalue weighted by Gasteiger charge is -2.21. The van der Waals surface area contributed by atoms with E-state index in [-0.39, 0.29) is 28.1 Å². The van der Waals surface area contributed by atoms with Gasteiger partial charge in [0.25, 0.3) is 22.2 Å². The van der Waals surface area contributed by atoms with Crippen molar-refractivity contribution in [1.82, 2.24) is 76.7 Å². The number of rotatable bonds is 12. The van der Waals surface area contributed by atoms with Gasteiger partial charge in [-0.15, -0.1) is 40.8 Å². The first-order chi connectivity index (χ1) is 49.2. The van der Waals surface area contributed by atoms with Crippen LogP contribution < -0.4 is 22.2 Å². The highest BCUT2D eigenvalue weighted by atomic mass is 35.5. The van der Waals surface area contributed by atoms with Gasteiger partial charge in [-0.2, -0.15) is 0 Å². The molecule has 0 radical (unpaired) electrons. The van der Waals surface area contributed by atoms with Gasteiger partial charge in [0.15, 0.2) is 22.6 Å². The third-order valence-electron chi connectivity index (χ3n) is 18.2. The molecule has 1 saturated heterocycles. The van der Waals surface area contributed by atoms with Gasteiger partial charge < -0.3 is 23.0 Å². The van der Waals surface area contributed by atoms with Crippen molar-refractivity contribution in [3.63, 3.8) is 0 Å². The minimum absolute atomic E-state index is 0.00359. The lowest BCUT2D eigenvalue weighted by Crippen LogP contribution is -2.19. The summed E-state index contributed by atoms with van der Waals surface area (Å²) in [7, 11) is 7.07. The number of halogens is 2. The maximum atomic E-state index is 13.1. The second kappa shape index (κ2) is 29.9. The Hall–Kier alpha value is -11.9. The zero-order valence-electron chi connectivity index (χ0n) is 57.7. The van der Waals surface area contributed by atoms with Crippen LogP contribution in [0.25, 0.3) is 67.1 Å². The third kappa shape index (κ3) is 15.4. The summed E-state index contributed by atoms with van der Waals surface area (Å²) in [5.74, 6) is 3.85. The summed E-state index contributed by atoms with van der Waals surface area (Å²) in [5.41, 5.74) is 17.5. The molecule has 21 nitrogen and oxygen atoms in total. The fourth-order valence-electron chi connectivity index (χ4n) is 12.6. The minimum atomic E-state index is -0.257. The molecule has 1 aliphatic heterocycles. The number of fused-ring (bicyclic) bond motifs is 4. The fraction of sp³-hybridized carbons (Fsp3) is 0.215. The van der Waals surface area contributed by atoms with E-state index in [1.165, 1.54) is 17.7 Å². The second-order valence-electron chi connectivity index (χ2n) is 25.9. The number of nitrogens with zero attached hydrogens (tertiary/aromatic N) is 16. The van der Waals surface area contributed by atoms with Crippen molar-refractivity contribution in [2.75, 3.05) is 13.2 Å². The van der Waals surface area contributed by atoms with Gasteiger partial charge in [0, 0.05) is 144 Å². The van der Waals surface area contributed by atoms with Crippen molar-refractivity contribution < 1.29 is 9.13 Å². The van der Waals surface area contributed by atoms with Gasteiger partial charge in [-0.25, -0.2) is 4.39 Å². The lowest BCUT2D eigenvalue weighted by molar-refractivity contribution is 0.0659. The van der Waals surface area contributed by atoms with Gasteiger partial charge >= 0.3 is 0 Å². The molecule has 102 heavy (non-hydrogen) atoms. The predicted molar refractivity (Wildman–Crippen MR) is 394 cm³/mol. The monoisotopic (exact) mass is 1380 g/mol. The SMILES string of the molecule is Cc1cc(-c2ccc3nnc(CC4CCOCC4)n3c2)cn(C)c1=O.Cc1cc(-c2ccc3nnc(Cc4ccc(Cl)cc4)n3c2)cn(C)c1=O.Cc1cc(-c2ccc3nnc(Cc4ccc(F)cc4)n3c2)cn(C)c1=O.Cc1cc(-c2ccc3nnc(Cc4ccccc4)n3c2)cn(C)c1=O. The average molecular weight is 1380 g/mol. The zero-order chi connectivity index (χ0) is 71.3. The number of aryl methyl sites for hydroxylation is 8. The molecule has 0 amide bonds. The van der Waals surface area contributed by atoms with Gasteiger partial charge in [-0.1, -0.05) is 66.2 Å². The number of ether oxygens (including phenoxy) is 1. The topological polar surface area (TPSA) is 218 Å². The van der Waals surface area contributed by atoms with Crippen LogP contribution in [0.5, 0.6) is 0 Å². The van der Waals surface area contributed by atoms with Crippen LogP contribution in [-0.2, 0) is 58.6 Å². The van der Waals surface area contributed by atoms with E-state index in [1.807, 2.05) is 200 Å². The van der Waals surface area contributed by atoms with E-state index in [4.69, 9.17) is 16.3 Å². The molecule has 514 valence electrons. The van der Waals surface area contributed by atoms with Crippen molar-refractivity contribution in [2.24, 2.45) is 34.1 Å². The van der Waals surface area contributed by atoms with Crippen LogP contribution in [0.15, 0.2) is 220 Å². The molecule has 12 aromatic heterocycles. The molecule has 0 atom stereocenters. The summed E-state index contributed by atoms with van der Waals surface area (Å²) in [4.78, 5) is 47.7. The fourth-order valence-corrected chi connectivity index (χ4v) is 12.8. The highest BCUT2D eigenvalue weighted by Crippen LogP contribution is 2.27. The molecule has 1 aliphatic rings. The average Bonchev–Trinajstić information content (AvgIpc) is 1.57. The first-order valence-electron chi connectivity index (χ1n) is 33.4. The minimum Gasteiger partial charge on any atom is -0.381 e. The van der Waals surface area contributed by atoms with Gasteiger partial charge in [-0.05, 0) is 205 Å². The Morgan fingerprint density at radius 2 is 0.676 bits per heavy atom. The molecule has 0 bridgehead atoms. The molecule has 1 fully saturated rings. The van der Waals surface area contributed by atoms with Gasteiger partial charge in [0.1, 0.15) is 29.1 Å². The number of hydrogen-bond acceptors (Lipinski definition) is 13. The van der Waals surface area contributed by atoms with Gasteiger partial charge in [-0.3, -0.25) is 36.8 Å². The Bertz CT molecular complexity index is 5530. The van der Waals surface area contributed by atoms with E-state index in [9.17, 15) is 23.6 Å². The Labute approximate surface area is 590 Å². The Morgan fingerprint density at radius 3 is 1.01 bits per heavy atom. The highest BCUT2D eigenvalue weighted by Gasteiger charge is 2.19. The van der Waals surface area contributed by atoms with Crippen molar-refractivity contribution in [1.29, 1.82) is 0 Å². The Kier molecular flexibility index (Phi) is 20.1. The first-order valence-corrected chi connectivity index (χ1v) is 33.8. The number of hydrogen-bond donors (Lipinski definition) is 0. The van der Waals surface area contributed by atoms with Crippen LogP contribution in [0.1, 0.15) is 75.1 Å². The van der Waals surface area contributed by atoms with Crippen molar-refractivity contribution in [3.05, 3.63) is 316 Å². The largest absolute Gasteiger partial charge is 0.381 e. The number of aromatic nitrogens is 16. The molecule has 0 saturated carbocycles. The van der Waals surface area contributed by atoms with Gasteiger partial charge in [0.05, 0.1) is 0 Å². The second-order valence-corrected chi connectivity index (χ2v) is 26.3. The smallest absolute Gasteiger partial charge is 0.253 e. The summed E-state index contributed by atoms with van der Waals surface area (Å²) in [5, 5.41) is 35.0. The molecule has 3 aromatic carbocycles. The van der Waals surface area contributed by atoms with Crippen LogP contribution in [0.3, 0.4) is 0 Å². The van der Waals surface area contributed by atoms with Crippen LogP contribution in [0.2, 0.25) is 5.02 Å². The molecular formula is C79H74ClFN16O5. The third-order valence-corrected chi connectivity index (χ3v) is 18.5. The van der Waals surface area contributed by atoms with Crippen LogP contribution >= 0.6 is 11.6 Å². The maximum absolute atomic E-state index is 13.1. The van der Waals surface area contributed by atoms with E-state index < -0.39 is 0 Å². The Balaban J connectivity index is 0.000000121. The molecule has 0 aliphatic carbocycles. The Morgan fingerprint density at radius 1 is 0.373 bits per heavy atom. The summed E-state index contributed by atoms with van der Waals surface area (Å²) in [6.45, 7) is 9.00. The van der Waals surface area contributed by atoms with Crippen LogP contribution in [0.4, 0.5) is 4.39 Å². The molecule has 13 heterocycles. The molecule has 0 spiro atoms. The van der Waals surface area contributed by atoms with Crippen molar-refractivity contribution in [2.45, 2.75) is 66.2 Å². The van der Waals surface area contributed by atoms with Crippen LogP contribution in [-0.4, -0.2) is 89.9 Å². The summed E-state index contributed by atoms with van der Waals surface area (Å²) >= 11 is 5.96. The van der Waals surface area contributed by atoms with Crippen molar-refractivity contribution >= 4 is 34.2 Å². The quantitative estimate of drug-likeness (QED) is 0.111. The van der Waals surface area contributed by atoms with E-state index in [1.54, 1.807) is 58.6 Å². The first kappa shape index (κ1) is 68.6. The molecule has 16 rings (SSSR count). The zero-order valence-corrected chi connectivity index (χ0v) is 58.5. The van der Waals surface area contributed by atoms with Gasteiger partial charge in [0.2, 0.25) is 0 Å². The normalized spacial score (nSPS) is 12.3. The van der Waals surface area contributed by atoms with E-state index >= 15 is 0 Å². The molecule has 0 unspecified atom stereocenters. The predicted octanol–water partition coefficient (Wildman–Crippen LogP) is 12.1. The molecule has 15 aromatic rings. The number of pyridine rings is 8. The van der Waals surface area contributed by atoms with E-state index in [2.05, 4.69) is 63.5 Å². The maximum Gasteiger partial charge on any atom is 0.253 e. The lowest BCUT2D eigenvalue weighted by atomic mass is 9.96. The summed E-state index contributed by atoms with van der Waals surface area (Å²) in [6, 6.07) is 47.8. The standard InChI is InChI=1S/C20H17ClN4O.C20H17FN4O.C20H18N4O.C19H22N4O2/c2*1-13-9-16(11-24(2)20(13)26)15-5-8-18-22-23-19(25(18)12-15)10-14-3-6-17(21)7-4-14;1-14-10-17(12-23(2)20(14)25)16-8-9-18-21-22-19(24(18)13-16)11-15-6-4-3-5-7-15;1-13-9-16(11-22(2)19(13)24)15-3-4-17-20-21-18(23(17)12-15)10-14-5-7-25-8-6-14/h2*3-9,11-12H,10H2,1-2H3;3-10,12-13H,11H2,1-2H3;3-4,9,11-12,14H,5-8,10H2,1-2H3. The van der Waals surface area contributed by atoms with E-state index in [0.29, 0.717) is 29.3 Å². The molecule has 0 N–H and O–H groups in total. The van der Waals surface area contributed by atoms with E-state index in [0.717, 1.165) is 157 Å². The summed E-state index contributed by atoms with van der Waals surface area (Å²) < 4.78 is 33.0. The number of benzene rings is 3. The molecule has 23 heteroatoms. The summed E-state index contributed by atoms with van der Waals surface area (Å²) in [6.07, 6.45) is 20.5. The van der Waals surface area contributed by atoms with Crippen molar-refractivity contribution in [3.8, 4) is 44.5 Å².